The minimum Gasteiger partial charge on any atom is -0.471 e. The Balaban J connectivity index is 2.69. The minimum atomic E-state index is -4.26. The summed E-state index contributed by atoms with van der Waals surface area (Å²) in [6.07, 6.45) is -2.70. The molecule has 1 amide bonds. The molecule has 1 unspecified atom stereocenters. The number of ether oxygens (including phenoxy) is 1. The van der Waals surface area contributed by atoms with Crippen LogP contribution >= 0.6 is 0 Å². The smallest absolute Gasteiger partial charge is 0.340 e. The summed E-state index contributed by atoms with van der Waals surface area (Å²) in [7, 11) is 1.56. The molecule has 1 heterocycles. The lowest BCUT2D eigenvalue weighted by Crippen LogP contribution is -2.39. The second-order valence-corrected chi connectivity index (χ2v) is 4.74. The van der Waals surface area contributed by atoms with Gasteiger partial charge in [0.15, 0.2) is 6.61 Å². The van der Waals surface area contributed by atoms with Gasteiger partial charge in [-0.1, -0.05) is 0 Å². The Bertz CT molecular complexity index is 497. The van der Waals surface area contributed by atoms with E-state index >= 15 is 0 Å². The molecule has 1 rings (SSSR count). The van der Waals surface area contributed by atoms with Gasteiger partial charge < -0.3 is 15.4 Å². The molecule has 0 saturated carbocycles. The molecule has 2 N–H and O–H groups in total. The van der Waals surface area contributed by atoms with Gasteiger partial charge in [0.25, 0.3) is 5.91 Å². The van der Waals surface area contributed by atoms with Crippen molar-refractivity contribution in [2.45, 2.75) is 25.3 Å². The van der Waals surface area contributed by atoms with Crippen molar-refractivity contribution in [1.82, 2.24) is 9.88 Å². The van der Waals surface area contributed by atoms with E-state index in [1.807, 2.05) is 0 Å². The minimum absolute atomic E-state index is 0.187. The molecule has 1 atom stereocenters. The molecule has 0 radical (unpaired) electrons. The second kappa shape index (κ2) is 7.39. The molecule has 1 aromatic heterocycles. The molecular weight excluding hydrogens is 306 g/mol. The van der Waals surface area contributed by atoms with Crippen molar-refractivity contribution >= 4 is 5.91 Å². The zero-order valence-corrected chi connectivity index (χ0v) is 12.1. The first kappa shape index (κ1) is 18.1. The summed E-state index contributed by atoms with van der Waals surface area (Å²) in [6.45, 7) is 0.546. The van der Waals surface area contributed by atoms with Crippen LogP contribution < -0.4 is 10.5 Å². The molecule has 0 aromatic carbocycles. The number of alkyl halides is 4. The zero-order valence-electron chi connectivity index (χ0n) is 12.1. The van der Waals surface area contributed by atoms with E-state index in [-0.39, 0.29) is 29.9 Å². The van der Waals surface area contributed by atoms with Crippen LogP contribution in [0.2, 0.25) is 0 Å². The third kappa shape index (κ3) is 4.55. The number of hydrogen-bond acceptors (Lipinski definition) is 4. The number of likely N-dealkylation sites (N-methyl/N-ethyl adjacent to an activating group) is 1. The van der Waals surface area contributed by atoms with Crippen molar-refractivity contribution in [2.24, 2.45) is 5.73 Å². The molecule has 0 aliphatic rings. The Hall–Kier alpha value is -1.90. The quantitative estimate of drug-likeness (QED) is 0.777. The van der Waals surface area contributed by atoms with E-state index < -0.39 is 19.0 Å². The second-order valence-electron chi connectivity index (χ2n) is 4.74. The number of rotatable bonds is 7. The number of hydrogen-bond donors (Lipinski definition) is 1. The van der Waals surface area contributed by atoms with Crippen molar-refractivity contribution in [2.75, 3.05) is 20.2 Å². The average Bonchev–Trinajstić information content (AvgIpc) is 2.51. The van der Waals surface area contributed by atoms with E-state index in [4.69, 9.17) is 5.73 Å². The van der Waals surface area contributed by atoms with Gasteiger partial charge in [-0.3, -0.25) is 4.79 Å². The summed E-state index contributed by atoms with van der Waals surface area (Å²) in [6, 6.07) is 2.29. The normalized spacial score (nSPS) is 13.1. The molecule has 5 nitrogen and oxygen atoms in total. The fraction of sp³-hybridized carbons (Fsp3) is 0.538. The standard InChI is InChI=1S/C13H17F4N3O2/c1-8(5-18)20(2)11(21)9-3-4-10(19-6-9)22-7-13(16,17)12(14)15/h3-4,6,8,12H,5,7,18H2,1-2H3. The Morgan fingerprint density at radius 1 is 1.45 bits per heavy atom. The zero-order chi connectivity index (χ0) is 16.9. The van der Waals surface area contributed by atoms with Gasteiger partial charge in [0.05, 0.1) is 5.56 Å². The van der Waals surface area contributed by atoms with Crippen LogP contribution in [0, 0.1) is 0 Å². The topological polar surface area (TPSA) is 68.5 Å². The van der Waals surface area contributed by atoms with Crippen LogP contribution in [-0.4, -0.2) is 54.4 Å². The van der Waals surface area contributed by atoms with Crippen LogP contribution in [0.25, 0.3) is 0 Å². The maximum absolute atomic E-state index is 12.7. The van der Waals surface area contributed by atoms with Crippen LogP contribution in [0.1, 0.15) is 17.3 Å². The number of pyridine rings is 1. The highest BCUT2D eigenvalue weighted by molar-refractivity contribution is 5.94. The lowest BCUT2D eigenvalue weighted by atomic mass is 10.2. The number of carbonyl (C=O) groups excluding carboxylic acids is 1. The highest BCUT2D eigenvalue weighted by atomic mass is 19.3. The summed E-state index contributed by atoms with van der Waals surface area (Å²) in [5.41, 5.74) is 5.66. The maximum atomic E-state index is 12.7. The molecule has 0 spiro atoms. The van der Waals surface area contributed by atoms with E-state index in [0.29, 0.717) is 0 Å². The summed E-state index contributed by atoms with van der Waals surface area (Å²) < 4.78 is 53.9. The van der Waals surface area contributed by atoms with Gasteiger partial charge in [-0.05, 0) is 13.0 Å². The Labute approximate surface area is 125 Å². The Morgan fingerprint density at radius 3 is 2.55 bits per heavy atom. The van der Waals surface area contributed by atoms with Crippen LogP contribution in [0.4, 0.5) is 17.6 Å². The predicted molar refractivity (Wildman–Crippen MR) is 71.3 cm³/mol. The fourth-order valence-corrected chi connectivity index (χ4v) is 1.39. The van der Waals surface area contributed by atoms with Crippen LogP contribution in [0.5, 0.6) is 5.88 Å². The molecule has 0 bridgehead atoms. The van der Waals surface area contributed by atoms with Gasteiger partial charge >= 0.3 is 12.3 Å². The van der Waals surface area contributed by atoms with Crippen molar-refractivity contribution in [3.63, 3.8) is 0 Å². The number of amides is 1. The monoisotopic (exact) mass is 323 g/mol. The number of nitrogens with zero attached hydrogens (tertiary/aromatic N) is 2. The van der Waals surface area contributed by atoms with Crippen molar-refractivity contribution < 1.29 is 27.1 Å². The van der Waals surface area contributed by atoms with Crippen molar-refractivity contribution in [1.29, 1.82) is 0 Å². The van der Waals surface area contributed by atoms with Crippen LogP contribution in [0.15, 0.2) is 18.3 Å². The number of carbonyl (C=O) groups is 1. The van der Waals surface area contributed by atoms with Gasteiger partial charge in [-0.2, -0.15) is 8.78 Å². The van der Waals surface area contributed by atoms with Crippen LogP contribution in [-0.2, 0) is 0 Å². The van der Waals surface area contributed by atoms with Crippen LogP contribution in [0.3, 0.4) is 0 Å². The van der Waals surface area contributed by atoms with Gasteiger partial charge in [0.2, 0.25) is 5.88 Å². The molecule has 9 heteroatoms. The Kier molecular flexibility index (Phi) is 6.10. The average molecular weight is 323 g/mol. The first-order valence-corrected chi connectivity index (χ1v) is 6.41. The van der Waals surface area contributed by atoms with E-state index in [1.54, 1.807) is 14.0 Å². The highest BCUT2D eigenvalue weighted by Crippen LogP contribution is 2.23. The molecule has 0 aliphatic heterocycles. The number of halogens is 4. The summed E-state index contributed by atoms with van der Waals surface area (Å²) in [5.74, 6) is -4.88. The van der Waals surface area contributed by atoms with Gasteiger partial charge in [-0.25, -0.2) is 13.8 Å². The summed E-state index contributed by atoms with van der Waals surface area (Å²) in [5, 5.41) is 0. The fourth-order valence-electron chi connectivity index (χ4n) is 1.39. The number of nitrogens with two attached hydrogens (primary N) is 1. The maximum Gasteiger partial charge on any atom is 0.340 e. The number of aromatic nitrogens is 1. The molecule has 0 aliphatic carbocycles. The van der Waals surface area contributed by atoms with Gasteiger partial charge in [0.1, 0.15) is 0 Å². The molecular formula is C13H17F4N3O2. The summed E-state index contributed by atoms with van der Waals surface area (Å²) in [4.78, 5) is 17.1. The van der Waals surface area contributed by atoms with E-state index in [2.05, 4.69) is 9.72 Å². The van der Waals surface area contributed by atoms with Crippen molar-refractivity contribution in [3.8, 4) is 5.88 Å². The SMILES string of the molecule is CC(CN)N(C)C(=O)c1ccc(OCC(F)(F)C(F)F)nc1. The molecule has 0 fully saturated rings. The summed E-state index contributed by atoms with van der Waals surface area (Å²) >= 11 is 0. The third-order valence-electron chi connectivity index (χ3n) is 3.04. The predicted octanol–water partition coefficient (Wildman–Crippen LogP) is 1.78. The highest BCUT2D eigenvalue weighted by Gasteiger charge is 2.41. The van der Waals surface area contributed by atoms with E-state index in [1.165, 1.54) is 11.0 Å². The third-order valence-corrected chi connectivity index (χ3v) is 3.04. The van der Waals surface area contributed by atoms with Crippen molar-refractivity contribution in [3.05, 3.63) is 23.9 Å². The first-order valence-electron chi connectivity index (χ1n) is 6.41. The first-order chi connectivity index (χ1) is 10.2. The molecule has 1 aromatic rings. The van der Waals surface area contributed by atoms with Gasteiger partial charge in [-0.15, -0.1) is 0 Å². The lowest BCUT2D eigenvalue weighted by Gasteiger charge is -2.23. The molecule has 0 saturated heterocycles. The molecule has 22 heavy (non-hydrogen) atoms. The van der Waals surface area contributed by atoms with E-state index in [0.717, 1.165) is 12.3 Å². The van der Waals surface area contributed by atoms with E-state index in [9.17, 15) is 22.4 Å². The molecule has 124 valence electrons. The largest absolute Gasteiger partial charge is 0.471 e. The van der Waals surface area contributed by atoms with Gasteiger partial charge in [0, 0.05) is 31.9 Å². The lowest BCUT2D eigenvalue weighted by molar-refractivity contribution is -0.148. The Morgan fingerprint density at radius 2 is 2.09 bits per heavy atom.